The molecule has 2 aromatic heterocycles. The van der Waals surface area contributed by atoms with Crippen molar-refractivity contribution in [2.45, 2.75) is 27.2 Å². The minimum atomic E-state index is -0.300. The van der Waals surface area contributed by atoms with Crippen LogP contribution in [-0.2, 0) is 4.79 Å². The summed E-state index contributed by atoms with van der Waals surface area (Å²) < 4.78 is 7.08. The lowest BCUT2D eigenvalue weighted by atomic mass is 10.0. The number of ether oxygens (including phenoxy) is 1. The molecule has 0 atom stereocenters. The van der Waals surface area contributed by atoms with Crippen molar-refractivity contribution >= 4 is 34.2 Å². The smallest absolute Gasteiger partial charge is 0.228 e. The normalized spacial score (nSPS) is 10.8. The Morgan fingerprint density at radius 2 is 1.91 bits per heavy atom. The molecule has 33 heavy (non-hydrogen) atoms. The van der Waals surface area contributed by atoms with Crippen LogP contribution in [0.2, 0.25) is 5.02 Å². The third kappa shape index (κ3) is 4.81. The monoisotopic (exact) mass is 459 g/mol. The Morgan fingerprint density at radius 3 is 2.64 bits per heavy atom. The van der Waals surface area contributed by atoms with Gasteiger partial charge in [0.25, 0.3) is 0 Å². The van der Waals surface area contributed by atoms with Crippen LogP contribution in [0, 0.1) is 32.1 Å². The zero-order valence-corrected chi connectivity index (χ0v) is 19.3. The van der Waals surface area contributed by atoms with Crippen LogP contribution in [0.3, 0.4) is 0 Å². The number of aromatic nitrogens is 3. The Morgan fingerprint density at radius 1 is 1.15 bits per heavy atom. The zero-order chi connectivity index (χ0) is 23.5. The van der Waals surface area contributed by atoms with Crippen LogP contribution >= 0.6 is 11.6 Å². The van der Waals surface area contributed by atoms with Crippen LogP contribution in [0.25, 0.3) is 16.7 Å². The SMILES string of the molecule is Cc1cc(C)c2nc(-n3ncc(C#N)c3NC(=O)CCOc3ccc(Cl)cc3)cc(C)c2c1. The number of nitrogens with one attached hydrogen (secondary N) is 1. The molecule has 0 bridgehead atoms. The molecule has 4 aromatic rings. The van der Waals surface area contributed by atoms with Crippen molar-refractivity contribution in [3.63, 3.8) is 0 Å². The molecule has 0 radical (unpaired) electrons. The summed E-state index contributed by atoms with van der Waals surface area (Å²) in [5.74, 6) is 1.13. The Balaban J connectivity index is 1.57. The highest BCUT2D eigenvalue weighted by Crippen LogP contribution is 2.26. The molecule has 4 rings (SSSR count). The Kier molecular flexibility index (Phi) is 6.29. The van der Waals surface area contributed by atoms with Crippen LogP contribution in [0.4, 0.5) is 5.82 Å². The minimum Gasteiger partial charge on any atom is -0.493 e. The lowest BCUT2D eigenvalue weighted by molar-refractivity contribution is -0.116. The first-order valence-electron chi connectivity index (χ1n) is 10.4. The van der Waals surface area contributed by atoms with Gasteiger partial charge in [-0.2, -0.15) is 15.0 Å². The van der Waals surface area contributed by atoms with E-state index >= 15 is 0 Å². The van der Waals surface area contributed by atoms with Gasteiger partial charge in [0.1, 0.15) is 17.4 Å². The number of carbonyl (C=O) groups is 1. The third-order valence-electron chi connectivity index (χ3n) is 5.22. The quantitative estimate of drug-likeness (QED) is 0.423. The fourth-order valence-electron chi connectivity index (χ4n) is 3.65. The molecule has 0 spiro atoms. The summed E-state index contributed by atoms with van der Waals surface area (Å²) in [5, 5.41) is 18.3. The molecule has 0 aliphatic heterocycles. The number of rotatable bonds is 6. The van der Waals surface area contributed by atoms with Crippen molar-refractivity contribution in [3.8, 4) is 17.6 Å². The number of pyridine rings is 1. The summed E-state index contributed by atoms with van der Waals surface area (Å²) in [4.78, 5) is 17.4. The fraction of sp³-hybridized carbons (Fsp3) is 0.200. The van der Waals surface area contributed by atoms with Gasteiger partial charge in [-0.25, -0.2) is 4.98 Å². The average Bonchev–Trinajstić information content (AvgIpc) is 3.18. The molecule has 1 N–H and O–H groups in total. The second-order valence-corrected chi connectivity index (χ2v) is 8.24. The molecule has 0 aliphatic rings. The average molecular weight is 460 g/mol. The molecule has 2 heterocycles. The summed E-state index contributed by atoms with van der Waals surface area (Å²) >= 11 is 5.87. The molecule has 0 unspecified atom stereocenters. The van der Waals surface area contributed by atoms with Crippen LogP contribution in [0.5, 0.6) is 5.75 Å². The highest BCUT2D eigenvalue weighted by atomic mass is 35.5. The number of nitriles is 1. The number of aryl methyl sites for hydroxylation is 3. The predicted molar refractivity (Wildman–Crippen MR) is 128 cm³/mol. The first-order chi connectivity index (χ1) is 15.9. The van der Waals surface area contributed by atoms with Gasteiger partial charge in [0.05, 0.1) is 24.7 Å². The zero-order valence-electron chi connectivity index (χ0n) is 18.5. The number of halogens is 1. The van der Waals surface area contributed by atoms with E-state index in [4.69, 9.17) is 21.3 Å². The van der Waals surface area contributed by atoms with E-state index in [1.807, 2.05) is 19.9 Å². The van der Waals surface area contributed by atoms with Crippen LogP contribution in [0.15, 0.2) is 48.7 Å². The summed E-state index contributed by atoms with van der Waals surface area (Å²) in [6, 6.07) is 15.1. The number of hydrogen-bond donors (Lipinski definition) is 1. The van der Waals surface area contributed by atoms with Crippen molar-refractivity contribution in [3.05, 3.63) is 75.9 Å². The molecule has 0 saturated carbocycles. The maximum Gasteiger partial charge on any atom is 0.228 e. The van der Waals surface area contributed by atoms with Crippen molar-refractivity contribution in [1.29, 1.82) is 5.26 Å². The first kappa shape index (κ1) is 22.3. The van der Waals surface area contributed by atoms with E-state index < -0.39 is 0 Å². The van der Waals surface area contributed by atoms with Gasteiger partial charge in [0.15, 0.2) is 11.6 Å². The maximum absolute atomic E-state index is 12.6. The van der Waals surface area contributed by atoms with Gasteiger partial charge in [-0.05, 0) is 68.3 Å². The van der Waals surface area contributed by atoms with Crippen LogP contribution in [0.1, 0.15) is 28.7 Å². The van der Waals surface area contributed by atoms with E-state index in [0.717, 1.165) is 27.6 Å². The summed E-state index contributed by atoms with van der Waals surface area (Å²) in [6.45, 7) is 6.25. The topological polar surface area (TPSA) is 92.8 Å². The Hall–Kier alpha value is -3.89. The van der Waals surface area contributed by atoms with Crippen LogP contribution in [-0.4, -0.2) is 27.3 Å². The lowest BCUT2D eigenvalue weighted by Crippen LogP contribution is -2.18. The molecule has 0 fully saturated rings. The van der Waals surface area contributed by atoms with Gasteiger partial charge in [-0.3, -0.25) is 4.79 Å². The molecular formula is C25H22ClN5O2. The summed E-state index contributed by atoms with van der Waals surface area (Å²) in [5.41, 5.74) is 4.36. The van der Waals surface area contributed by atoms with E-state index in [-0.39, 0.29) is 30.3 Å². The fourth-order valence-corrected chi connectivity index (χ4v) is 3.77. The van der Waals surface area contributed by atoms with Crippen LogP contribution < -0.4 is 10.1 Å². The minimum absolute atomic E-state index is 0.0984. The second-order valence-electron chi connectivity index (χ2n) is 7.81. The molecular weight excluding hydrogens is 438 g/mol. The van der Waals surface area contributed by atoms with Crippen molar-refractivity contribution < 1.29 is 9.53 Å². The molecule has 0 aliphatic carbocycles. The van der Waals surface area contributed by atoms with Crippen molar-refractivity contribution in [2.75, 3.05) is 11.9 Å². The summed E-state index contributed by atoms with van der Waals surface area (Å²) in [7, 11) is 0. The molecule has 7 nitrogen and oxygen atoms in total. The number of benzene rings is 2. The van der Waals surface area contributed by atoms with Gasteiger partial charge < -0.3 is 10.1 Å². The van der Waals surface area contributed by atoms with Crippen molar-refractivity contribution in [2.24, 2.45) is 0 Å². The largest absolute Gasteiger partial charge is 0.493 e. The Bertz CT molecular complexity index is 1390. The Labute approximate surface area is 196 Å². The van der Waals surface area contributed by atoms with E-state index in [0.29, 0.717) is 16.6 Å². The highest BCUT2D eigenvalue weighted by Gasteiger charge is 2.17. The number of anilines is 1. The van der Waals surface area contributed by atoms with Gasteiger partial charge >= 0.3 is 0 Å². The van der Waals surface area contributed by atoms with Crippen molar-refractivity contribution in [1.82, 2.24) is 14.8 Å². The first-order valence-corrected chi connectivity index (χ1v) is 10.8. The lowest BCUT2D eigenvalue weighted by Gasteiger charge is -2.13. The molecule has 2 aromatic carbocycles. The van der Waals surface area contributed by atoms with E-state index in [1.54, 1.807) is 24.3 Å². The van der Waals surface area contributed by atoms with E-state index in [2.05, 4.69) is 35.5 Å². The van der Waals surface area contributed by atoms with Gasteiger partial charge in [0.2, 0.25) is 5.91 Å². The second kappa shape index (κ2) is 9.31. The highest BCUT2D eigenvalue weighted by molar-refractivity contribution is 6.30. The van der Waals surface area contributed by atoms with Gasteiger partial charge in [-0.15, -0.1) is 0 Å². The number of nitrogens with zero attached hydrogens (tertiary/aromatic N) is 4. The molecule has 8 heteroatoms. The number of fused-ring (bicyclic) bond motifs is 1. The standard InChI is InChI=1S/C25H22ClN5O2/c1-15-10-17(3)24-21(11-15)16(2)12-22(29-24)31-25(18(13-27)14-28-31)30-23(32)8-9-33-20-6-4-19(26)5-7-20/h4-7,10-12,14H,8-9H2,1-3H3,(H,30,32). The number of carbonyl (C=O) groups excluding carboxylic acids is 1. The third-order valence-corrected chi connectivity index (χ3v) is 5.47. The number of hydrogen-bond acceptors (Lipinski definition) is 5. The van der Waals surface area contributed by atoms with Gasteiger partial charge in [-0.1, -0.05) is 23.2 Å². The maximum atomic E-state index is 12.6. The predicted octanol–water partition coefficient (Wildman–Crippen LogP) is 5.28. The van der Waals surface area contributed by atoms with Gasteiger partial charge in [0, 0.05) is 10.4 Å². The number of amides is 1. The molecule has 166 valence electrons. The molecule has 0 saturated heterocycles. The van der Waals surface area contributed by atoms with E-state index in [1.165, 1.54) is 10.9 Å². The van der Waals surface area contributed by atoms with E-state index in [9.17, 15) is 10.1 Å². The summed E-state index contributed by atoms with van der Waals surface area (Å²) in [6.07, 6.45) is 1.52. The molecule has 1 amide bonds.